The number of aliphatic imine (C=N–C) groups is 1. The molecular formula is C11H12N4. The maximum absolute atomic E-state index is 7.30. The van der Waals surface area contributed by atoms with Crippen molar-refractivity contribution in [3.05, 3.63) is 36.5 Å². The highest BCUT2D eigenvalue weighted by atomic mass is 15.1. The van der Waals surface area contributed by atoms with E-state index in [-0.39, 0.29) is 5.84 Å². The molecule has 1 aliphatic heterocycles. The quantitative estimate of drug-likeness (QED) is 0.563. The number of nitrogens with zero attached hydrogens (tertiary/aromatic N) is 2. The number of anilines is 1. The Balaban J connectivity index is 2.39. The van der Waals surface area contributed by atoms with Crippen LogP contribution in [-0.2, 0) is 0 Å². The topological polar surface area (TPSA) is 65.5 Å². The first kappa shape index (κ1) is 9.45. The van der Waals surface area contributed by atoms with E-state index >= 15 is 0 Å². The van der Waals surface area contributed by atoms with Gasteiger partial charge in [0.1, 0.15) is 5.84 Å². The van der Waals surface area contributed by atoms with Gasteiger partial charge in [-0.2, -0.15) is 0 Å². The van der Waals surface area contributed by atoms with Crippen LogP contribution in [0.2, 0.25) is 0 Å². The van der Waals surface area contributed by atoms with Crippen LogP contribution in [0.3, 0.4) is 0 Å². The van der Waals surface area contributed by atoms with Crippen LogP contribution in [0.25, 0.3) is 0 Å². The van der Waals surface area contributed by atoms with Crippen LogP contribution in [0, 0.1) is 5.41 Å². The van der Waals surface area contributed by atoms with Crippen LogP contribution in [0.4, 0.5) is 11.4 Å². The molecule has 0 aliphatic carbocycles. The average molecular weight is 200 g/mol. The van der Waals surface area contributed by atoms with Gasteiger partial charge in [0.25, 0.3) is 0 Å². The summed E-state index contributed by atoms with van der Waals surface area (Å²) >= 11 is 0. The van der Waals surface area contributed by atoms with Crippen molar-refractivity contribution in [3.8, 4) is 0 Å². The minimum absolute atomic E-state index is 0.136. The summed E-state index contributed by atoms with van der Waals surface area (Å²) in [6.45, 7) is 0.386. The maximum Gasteiger partial charge on any atom is 0.111 e. The van der Waals surface area contributed by atoms with Crippen molar-refractivity contribution in [2.75, 3.05) is 11.4 Å². The number of rotatable bonds is 2. The summed E-state index contributed by atoms with van der Waals surface area (Å²) in [6.07, 6.45) is 5.44. The summed E-state index contributed by atoms with van der Waals surface area (Å²) < 4.78 is 0. The lowest BCUT2D eigenvalue weighted by Gasteiger charge is -2.19. The Hall–Kier alpha value is -2.10. The van der Waals surface area contributed by atoms with Gasteiger partial charge in [-0.3, -0.25) is 10.4 Å². The molecule has 1 aliphatic rings. The SMILES string of the molecule is N=C(N)CN1C=CC=Nc2ccccc21. The van der Waals surface area contributed by atoms with Crippen LogP contribution >= 0.6 is 0 Å². The average Bonchev–Trinajstić information content (AvgIpc) is 2.41. The van der Waals surface area contributed by atoms with E-state index in [2.05, 4.69) is 4.99 Å². The van der Waals surface area contributed by atoms with Crippen LogP contribution in [0.1, 0.15) is 0 Å². The van der Waals surface area contributed by atoms with Crippen molar-refractivity contribution in [2.45, 2.75) is 0 Å². The van der Waals surface area contributed by atoms with Crippen LogP contribution in [-0.4, -0.2) is 18.6 Å². The molecule has 4 heteroatoms. The second kappa shape index (κ2) is 3.96. The smallest absolute Gasteiger partial charge is 0.111 e. The highest BCUT2D eigenvalue weighted by molar-refractivity contribution is 5.87. The van der Waals surface area contributed by atoms with Gasteiger partial charge in [0, 0.05) is 12.4 Å². The molecule has 0 amide bonds. The monoisotopic (exact) mass is 200 g/mol. The zero-order valence-corrected chi connectivity index (χ0v) is 8.22. The number of nitrogens with two attached hydrogens (primary N) is 1. The van der Waals surface area contributed by atoms with E-state index in [1.807, 2.05) is 41.4 Å². The van der Waals surface area contributed by atoms with Crippen LogP contribution in [0.5, 0.6) is 0 Å². The molecule has 0 saturated carbocycles. The number of hydrogen-bond acceptors (Lipinski definition) is 3. The Bertz CT molecular complexity index is 434. The molecule has 1 aromatic carbocycles. The van der Waals surface area contributed by atoms with Gasteiger partial charge in [0.15, 0.2) is 0 Å². The number of amidine groups is 1. The molecule has 0 unspecified atom stereocenters. The Morgan fingerprint density at radius 2 is 2.20 bits per heavy atom. The normalized spacial score (nSPS) is 13.5. The molecule has 0 aromatic heterocycles. The van der Waals surface area contributed by atoms with Gasteiger partial charge in [-0.15, -0.1) is 0 Å². The lowest BCUT2D eigenvalue weighted by molar-refractivity contribution is 1.10. The van der Waals surface area contributed by atoms with Gasteiger partial charge in [-0.25, -0.2) is 0 Å². The molecule has 0 bridgehead atoms. The molecule has 0 spiro atoms. The van der Waals surface area contributed by atoms with Gasteiger partial charge in [0.05, 0.1) is 17.9 Å². The number of fused-ring (bicyclic) bond motifs is 1. The van der Waals surface area contributed by atoms with Gasteiger partial charge in [-0.1, -0.05) is 12.1 Å². The molecule has 0 atom stereocenters. The molecule has 0 fully saturated rings. The predicted molar refractivity (Wildman–Crippen MR) is 63.0 cm³/mol. The lowest BCUT2D eigenvalue weighted by atomic mass is 10.2. The van der Waals surface area contributed by atoms with E-state index in [1.54, 1.807) is 6.21 Å². The summed E-state index contributed by atoms with van der Waals surface area (Å²) in [4.78, 5) is 6.19. The molecule has 0 radical (unpaired) electrons. The number of benzene rings is 1. The van der Waals surface area contributed by atoms with Gasteiger partial charge < -0.3 is 10.6 Å². The van der Waals surface area contributed by atoms with Crippen molar-refractivity contribution >= 4 is 23.4 Å². The van der Waals surface area contributed by atoms with Crippen molar-refractivity contribution in [1.82, 2.24) is 0 Å². The highest BCUT2D eigenvalue weighted by Crippen LogP contribution is 2.29. The minimum Gasteiger partial charge on any atom is -0.386 e. The fourth-order valence-electron chi connectivity index (χ4n) is 1.48. The second-order valence-electron chi connectivity index (χ2n) is 3.26. The number of allylic oxidation sites excluding steroid dienone is 1. The molecule has 0 saturated heterocycles. The first-order valence-electron chi connectivity index (χ1n) is 4.67. The fourth-order valence-corrected chi connectivity index (χ4v) is 1.48. The minimum atomic E-state index is 0.136. The van der Waals surface area contributed by atoms with E-state index in [0.717, 1.165) is 11.4 Å². The Morgan fingerprint density at radius 1 is 1.40 bits per heavy atom. The molecule has 4 nitrogen and oxygen atoms in total. The Morgan fingerprint density at radius 3 is 3.00 bits per heavy atom. The Kier molecular flexibility index (Phi) is 2.49. The first-order valence-corrected chi connectivity index (χ1v) is 4.67. The van der Waals surface area contributed by atoms with E-state index in [4.69, 9.17) is 11.1 Å². The molecular weight excluding hydrogens is 188 g/mol. The van der Waals surface area contributed by atoms with E-state index in [9.17, 15) is 0 Å². The Labute approximate surface area is 88.2 Å². The van der Waals surface area contributed by atoms with Crippen LogP contribution in [0.15, 0.2) is 41.5 Å². The van der Waals surface area contributed by atoms with Crippen LogP contribution < -0.4 is 10.6 Å². The predicted octanol–water partition coefficient (Wildman–Crippen LogP) is 1.66. The molecule has 76 valence electrons. The molecule has 1 aromatic rings. The molecule has 15 heavy (non-hydrogen) atoms. The summed E-state index contributed by atoms with van der Waals surface area (Å²) in [5, 5.41) is 7.30. The third-order valence-electron chi connectivity index (χ3n) is 2.10. The zero-order chi connectivity index (χ0) is 10.7. The summed E-state index contributed by atoms with van der Waals surface area (Å²) in [7, 11) is 0. The molecule has 1 heterocycles. The number of hydrogen-bond donors (Lipinski definition) is 2. The fraction of sp³-hybridized carbons (Fsp3) is 0.0909. The van der Waals surface area contributed by atoms with Gasteiger partial charge >= 0.3 is 0 Å². The standard InChI is InChI=1S/C11H12N4/c12-11(13)8-15-7-3-6-14-9-4-1-2-5-10(9)15/h1-7H,8H2,(H3,12,13). The van der Waals surface area contributed by atoms with Crippen molar-refractivity contribution < 1.29 is 0 Å². The third-order valence-corrected chi connectivity index (χ3v) is 2.10. The lowest BCUT2D eigenvalue weighted by Crippen LogP contribution is -2.29. The molecule has 2 rings (SSSR count). The maximum atomic E-state index is 7.30. The van der Waals surface area contributed by atoms with E-state index in [0.29, 0.717) is 6.54 Å². The zero-order valence-electron chi connectivity index (χ0n) is 8.22. The summed E-state index contributed by atoms with van der Waals surface area (Å²) in [6, 6.07) is 7.78. The second-order valence-corrected chi connectivity index (χ2v) is 3.26. The van der Waals surface area contributed by atoms with Crippen molar-refractivity contribution in [3.63, 3.8) is 0 Å². The molecule has 3 N–H and O–H groups in total. The number of nitrogens with one attached hydrogen (secondary N) is 1. The summed E-state index contributed by atoms with van der Waals surface area (Å²) in [5.41, 5.74) is 7.26. The van der Waals surface area contributed by atoms with E-state index < -0.39 is 0 Å². The van der Waals surface area contributed by atoms with Gasteiger partial charge in [0.2, 0.25) is 0 Å². The highest BCUT2D eigenvalue weighted by Gasteiger charge is 2.09. The summed E-state index contributed by atoms with van der Waals surface area (Å²) in [5.74, 6) is 0.136. The number of para-hydroxylation sites is 2. The first-order chi connectivity index (χ1) is 7.27. The van der Waals surface area contributed by atoms with Crippen molar-refractivity contribution in [1.29, 1.82) is 5.41 Å². The third kappa shape index (κ3) is 2.04. The van der Waals surface area contributed by atoms with Crippen molar-refractivity contribution in [2.24, 2.45) is 10.7 Å². The van der Waals surface area contributed by atoms with E-state index in [1.165, 1.54) is 0 Å². The van der Waals surface area contributed by atoms with Gasteiger partial charge in [-0.05, 0) is 18.2 Å². The largest absolute Gasteiger partial charge is 0.386 e.